The molecule has 118 valence electrons. The van der Waals surface area contributed by atoms with Crippen molar-refractivity contribution in [1.29, 1.82) is 0 Å². The topological polar surface area (TPSA) is 55.5 Å². The third-order valence-electron chi connectivity index (χ3n) is 4.01. The molecule has 1 fully saturated rings. The minimum Gasteiger partial charge on any atom is -0.493 e. The molecule has 3 N–H and O–H groups in total. The van der Waals surface area contributed by atoms with E-state index in [0.29, 0.717) is 38.2 Å². The molecule has 0 unspecified atom stereocenters. The number of alkyl halides is 2. The zero-order valence-electron chi connectivity index (χ0n) is 12.1. The highest BCUT2D eigenvalue weighted by molar-refractivity contribution is 5.29. The van der Waals surface area contributed by atoms with E-state index in [-0.39, 0.29) is 18.8 Å². The van der Waals surface area contributed by atoms with Gasteiger partial charge in [-0.05, 0) is 49.4 Å². The van der Waals surface area contributed by atoms with E-state index in [0.717, 1.165) is 5.56 Å². The molecule has 1 aromatic carbocycles. The number of halogens is 2. The van der Waals surface area contributed by atoms with Crippen LogP contribution in [0.4, 0.5) is 8.78 Å². The summed E-state index contributed by atoms with van der Waals surface area (Å²) in [5.41, 5.74) is 6.20. The Morgan fingerprint density at radius 3 is 2.71 bits per heavy atom. The first-order valence-corrected chi connectivity index (χ1v) is 7.49. The maximum Gasteiger partial charge on any atom is 0.248 e. The van der Waals surface area contributed by atoms with E-state index in [1.54, 1.807) is 6.07 Å². The van der Waals surface area contributed by atoms with E-state index in [4.69, 9.17) is 10.5 Å². The van der Waals surface area contributed by atoms with E-state index in [9.17, 15) is 13.9 Å². The summed E-state index contributed by atoms with van der Waals surface area (Å²) in [7, 11) is 0. The third kappa shape index (κ3) is 4.93. The van der Waals surface area contributed by atoms with Crippen LogP contribution in [0.1, 0.15) is 43.8 Å². The van der Waals surface area contributed by atoms with Gasteiger partial charge >= 0.3 is 0 Å². The van der Waals surface area contributed by atoms with Gasteiger partial charge in [0.25, 0.3) is 0 Å². The molecule has 2 rings (SSSR count). The Kier molecular flexibility index (Phi) is 5.53. The molecule has 0 bridgehead atoms. The molecule has 1 atom stereocenters. The number of benzene rings is 1. The lowest BCUT2D eigenvalue weighted by Crippen LogP contribution is -2.27. The molecule has 21 heavy (non-hydrogen) atoms. The van der Waals surface area contributed by atoms with Crippen molar-refractivity contribution >= 4 is 0 Å². The Morgan fingerprint density at radius 1 is 1.33 bits per heavy atom. The zero-order valence-corrected chi connectivity index (χ0v) is 12.1. The molecule has 1 aliphatic carbocycles. The van der Waals surface area contributed by atoms with Crippen LogP contribution in [0.15, 0.2) is 24.3 Å². The lowest BCUT2D eigenvalue weighted by Gasteiger charge is -2.28. The Labute approximate surface area is 124 Å². The maximum atomic E-state index is 13.1. The first-order valence-electron chi connectivity index (χ1n) is 7.49. The number of aliphatic hydroxyl groups excluding tert-OH is 1. The van der Waals surface area contributed by atoms with E-state index < -0.39 is 12.0 Å². The highest BCUT2D eigenvalue weighted by Gasteiger charge is 2.34. The molecule has 0 radical (unpaired) electrons. The molecule has 5 heteroatoms. The largest absolute Gasteiger partial charge is 0.493 e. The van der Waals surface area contributed by atoms with Crippen LogP contribution in [0.3, 0.4) is 0 Å². The fourth-order valence-corrected chi connectivity index (χ4v) is 2.62. The van der Waals surface area contributed by atoms with Gasteiger partial charge in [0.15, 0.2) is 0 Å². The lowest BCUT2D eigenvalue weighted by atomic mass is 9.87. The predicted octanol–water partition coefficient (Wildman–Crippen LogP) is 3.27. The number of aliphatic hydroxyl groups is 1. The van der Waals surface area contributed by atoms with Crippen molar-refractivity contribution in [3.63, 3.8) is 0 Å². The second-order valence-corrected chi connectivity index (χ2v) is 5.78. The summed E-state index contributed by atoms with van der Waals surface area (Å²) >= 11 is 0. The van der Waals surface area contributed by atoms with Crippen molar-refractivity contribution in [3.8, 4) is 5.75 Å². The Bertz CT molecular complexity index is 444. The van der Waals surface area contributed by atoms with E-state index in [2.05, 4.69) is 0 Å². The van der Waals surface area contributed by atoms with Gasteiger partial charge in [-0.25, -0.2) is 8.78 Å². The summed E-state index contributed by atoms with van der Waals surface area (Å²) in [6, 6.07) is 7.25. The van der Waals surface area contributed by atoms with E-state index in [1.807, 2.05) is 18.2 Å². The number of nitrogens with two attached hydrogens (primary N) is 1. The molecular weight excluding hydrogens is 276 g/mol. The summed E-state index contributed by atoms with van der Waals surface area (Å²) < 4.78 is 31.8. The Balaban J connectivity index is 1.85. The van der Waals surface area contributed by atoms with E-state index in [1.165, 1.54) is 0 Å². The first kappa shape index (κ1) is 16.2. The van der Waals surface area contributed by atoms with Gasteiger partial charge in [0.2, 0.25) is 5.92 Å². The van der Waals surface area contributed by atoms with Gasteiger partial charge in [0, 0.05) is 12.8 Å². The van der Waals surface area contributed by atoms with Crippen LogP contribution >= 0.6 is 0 Å². The van der Waals surface area contributed by atoms with Crippen LogP contribution in [0.25, 0.3) is 0 Å². The van der Waals surface area contributed by atoms with Crippen LogP contribution in [-0.2, 0) is 0 Å². The van der Waals surface area contributed by atoms with Gasteiger partial charge in [0.1, 0.15) is 5.75 Å². The monoisotopic (exact) mass is 299 g/mol. The van der Waals surface area contributed by atoms with Crippen molar-refractivity contribution in [1.82, 2.24) is 0 Å². The minimum atomic E-state index is -2.50. The summed E-state index contributed by atoms with van der Waals surface area (Å²) in [5, 5.41) is 9.90. The van der Waals surface area contributed by atoms with Gasteiger partial charge in [-0.1, -0.05) is 12.1 Å². The molecule has 1 saturated carbocycles. The molecule has 0 aromatic heterocycles. The molecule has 1 aliphatic rings. The Hall–Kier alpha value is -1.20. The van der Waals surface area contributed by atoms with E-state index >= 15 is 0 Å². The molecule has 3 nitrogen and oxygen atoms in total. The smallest absolute Gasteiger partial charge is 0.248 e. The molecule has 0 amide bonds. The van der Waals surface area contributed by atoms with Crippen LogP contribution in [0.2, 0.25) is 0 Å². The van der Waals surface area contributed by atoms with Gasteiger partial charge in [-0.2, -0.15) is 0 Å². The number of ether oxygens (including phenoxy) is 1. The number of hydrogen-bond donors (Lipinski definition) is 2. The highest BCUT2D eigenvalue weighted by Crippen LogP contribution is 2.36. The predicted molar refractivity (Wildman–Crippen MR) is 77.5 cm³/mol. The summed E-state index contributed by atoms with van der Waals surface area (Å²) in [6.45, 7) is 0.870. The van der Waals surface area contributed by atoms with Gasteiger partial charge in [-0.15, -0.1) is 0 Å². The molecule has 1 aromatic rings. The van der Waals surface area contributed by atoms with Crippen LogP contribution < -0.4 is 10.5 Å². The third-order valence-corrected chi connectivity index (χ3v) is 4.01. The van der Waals surface area contributed by atoms with Gasteiger partial charge in [-0.3, -0.25) is 0 Å². The van der Waals surface area contributed by atoms with Crippen molar-refractivity contribution < 1.29 is 18.6 Å². The SMILES string of the molecule is NCC[C@@H](O)c1cccc(OCC2CCC(F)(F)CC2)c1. The Morgan fingerprint density at radius 2 is 2.05 bits per heavy atom. The normalized spacial score (nSPS) is 20.2. The molecule has 0 saturated heterocycles. The average Bonchev–Trinajstić information content (AvgIpc) is 2.47. The second-order valence-electron chi connectivity index (χ2n) is 5.78. The maximum absolute atomic E-state index is 13.1. The van der Waals surface area contributed by atoms with Crippen LogP contribution in [0, 0.1) is 5.92 Å². The van der Waals surface area contributed by atoms with Gasteiger partial charge < -0.3 is 15.6 Å². The first-order chi connectivity index (χ1) is 10.00. The highest BCUT2D eigenvalue weighted by atomic mass is 19.3. The molecule has 0 spiro atoms. The second kappa shape index (κ2) is 7.18. The fraction of sp³-hybridized carbons (Fsp3) is 0.625. The van der Waals surface area contributed by atoms with Crippen molar-refractivity contribution in [2.75, 3.05) is 13.2 Å². The summed E-state index contributed by atoms with van der Waals surface area (Å²) in [4.78, 5) is 0. The average molecular weight is 299 g/mol. The quantitative estimate of drug-likeness (QED) is 0.847. The summed E-state index contributed by atoms with van der Waals surface area (Å²) in [5.74, 6) is -1.65. The van der Waals surface area contributed by atoms with Crippen molar-refractivity contribution in [2.45, 2.75) is 44.1 Å². The van der Waals surface area contributed by atoms with Crippen LogP contribution in [0.5, 0.6) is 5.75 Å². The molecule has 0 aliphatic heterocycles. The molecular formula is C16H23F2NO2. The van der Waals surface area contributed by atoms with Crippen LogP contribution in [-0.4, -0.2) is 24.2 Å². The molecule has 0 heterocycles. The van der Waals surface area contributed by atoms with Crippen molar-refractivity contribution in [3.05, 3.63) is 29.8 Å². The summed E-state index contributed by atoms with van der Waals surface area (Å²) in [6.07, 6.45) is 0.825. The number of hydrogen-bond acceptors (Lipinski definition) is 3. The van der Waals surface area contributed by atoms with Crippen molar-refractivity contribution in [2.24, 2.45) is 11.7 Å². The fourth-order valence-electron chi connectivity index (χ4n) is 2.62. The van der Waals surface area contributed by atoms with Gasteiger partial charge in [0.05, 0.1) is 12.7 Å². The lowest BCUT2D eigenvalue weighted by molar-refractivity contribution is -0.0498. The standard InChI is InChI=1S/C16H23F2NO2/c17-16(18)7-4-12(5-8-16)11-21-14-3-1-2-13(10-14)15(20)6-9-19/h1-3,10,12,15,20H,4-9,11,19H2/t15-/m1/s1. The minimum absolute atomic E-state index is 0.0454. The zero-order chi connectivity index (χ0) is 15.3. The number of rotatable bonds is 6.